The van der Waals surface area contributed by atoms with Gasteiger partial charge in [0.2, 0.25) is 41.4 Å². The Morgan fingerprint density at radius 3 is 1.55 bits per heavy atom. The first-order valence-electron chi connectivity index (χ1n) is 22.9. The van der Waals surface area contributed by atoms with Gasteiger partial charge in [-0.25, -0.2) is 4.79 Å². The third-order valence-corrected chi connectivity index (χ3v) is 11.6. The molecule has 0 aromatic heterocycles. The molecule has 9 unspecified atom stereocenters. The zero-order valence-electron chi connectivity index (χ0n) is 38.7. The summed E-state index contributed by atoms with van der Waals surface area (Å²) in [7, 11) is 0. The molecule has 4 rings (SSSR count). The van der Waals surface area contributed by atoms with Crippen LogP contribution in [0.1, 0.15) is 62.6 Å². The van der Waals surface area contributed by atoms with Crippen molar-refractivity contribution in [2.45, 2.75) is 120 Å². The number of nitrogens with two attached hydrogens (primary N) is 2. The fourth-order valence-corrected chi connectivity index (χ4v) is 7.79. The van der Waals surface area contributed by atoms with Crippen molar-refractivity contribution in [3.05, 3.63) is 102 Å². The summed E-state index contributed by atoms with van der Waals surface area (Å²) < 4.78 is 0. The van der Waals surface area contributed by atoms with Gasteiger partial charge in [-0.15, -0.1) is 0 Å². The summed E-state index contributed by atoms with van der Waals surface area (Å²) in [5.41, 5.74) is 13.0. The maximum atomic E-state index is 14.4. The normalized spacial score (nSPS) is 16.8. The summed E-state index contributed by atoms with van der Waals surface area (Å²) in [6, 6.07) is 13.6. The number of nitrogens with zero attached hydrogens (tertiary/aromatic N) is 1. The summed E-state index contributed by atoms with van der Waals surface area (Å²) in [5, 5.41) is 55.9. The van der Waals surface area contributed by atoms with Gasteiger partial charge in [-0.3, -0.25) is 33.6 Å². The highest BCUT2D eigenvalue weighted by Crippen LogP contribution is 2.21. The average Bonchev–Trinajstić information content (AvgIpc) is 3.83. The lowest BCUT2D eigenvalue weighted by molar-refractivity contribution is -0.146. The minimum Gasteiger partial charge on any atom is -0.508 e. The number of carbonyl (C=O) groups excluding carboxylic acids is 7. The van der Waals surface area contributed by atoms with Crippen molar-refractivity contribution in [2.24, 2.45) is 11.5 Å². The van der Waals surface area contributed by atoms with Crippen molar-refractivity contribution in [1.29, 1.82) is 0 Å². The molecule has 0 aliphatic carbocycles. The SMILES string of the molecule is CC(O)C(NC(=O)C(CCCCN)NC(=O)C1CCCN1C(=O)C(NC(=O)C(Cc1ccc(O)cc1)NC(=O)C(Cc1ccccc1)NC(=O)C(Cc1ccccc1)NC(=O)CN)C(C)O)C(=O)O. The van der Waals surface area contributed by atoms with Gasteiger partial charge in [0.15, 0.2) is 6.04 Å². The predicted octanol–water partition coefficient (Wildman–Crippen LogP) is -1.75. The van der Waals surface area contributed by atoms with Gasteiger partial charge in [-0.05, 0) is 81.3 Å². The molecule has 14 N–H and O–H groups in total. The summed E-state index contributed by atoms with van der Waals surface area (Å²) in [6.45, 7) is 2.33. The van der Waals surface area contributed by atoms with Gasteiger partial charge in [0.1, 0.15) is 42.0 Å². The molecule has 1 heterocycles. The van der Waals surface area contributed by atoms with E-state index < -0.39 is 108 Å². The van der Waals surface area contributed by atoms with Crippen LogP contribution in [0.2, 0.25) is 0 Å². The minimum absolute atomic E-state index is 0.0225. The number of phenols is 1. The fourth-order valence-electron chi connectivity index (χ4n) is 7.79. The molecule has 69 heavy (non-hydrogen) atoms. The smallest absolute Gasteiger partial charge is 0.328 e. The number of aliphatic hydroxyl groups excluding tert-OH is 2. The van der Waals surface area contributed by atoms with Gasteiger partial charge < -0.3 is 68.7 Å². The van der Waals surface area contributed by atoms with Crippen LogP contribution in [0.5, 0.6) is 5.75 Å². The number of aliphatic carboxylic acids is 1. The largest absolute Gasteiger partial charge is 0.508 e. The highest BCUT2D eigenvalue weighted by Gasteiger charge is 2.41. The average molecular weight is 960 g/mol. The first-order chi connectivity index (χ1) is 32.9. The molecule has 1 aliphatic rings. The van der Waals surface area contributed by atoms with Crippen LogP contribution in [0.3, 0.4) is 0 Å². The zero-order chi connectivity index (χ0) is 50.6. The van der Waals surface area contributed by atoms with Gasteiger partial charge in [0, 0.05) is 25.8 Å². The molecule has 7 amide bonds. The lowest BCUT2D eigenvalue weighted by atomic mass is 10.0. The van der Waals surface area contributed by atoms with Gasteiger partial charge in [0.05, 0.1) is 18.8 Å². The first-order valence-corrected chi connectivity index (χ1v) is 22.9. The van der Waals surface area contributed by atoms with Crippen LogP contribution < -0.4 is 43.4 Å². The molecule has 1 saturated heterocycles. The Balaban J connectivity index is 1.60. The van der Waals surface area contributed by atoms with Crippen molar-refractivity contribution in [1.82, 2.24) is 36.8 Å². The van der Waals surface area contributed by atoms with E-state index in [1.165, 1.54) is 38.1 Å². The van der Waals surface area contributed by atoms with Crippen LogP contribution in [-0.2, 0) is 57.6 Å². The third-order valence-electron chi connectivity index (χ3n) is 11.6. The molecule has 0 saturated carbocycles. The van der Waals surface area contributed by atoms with Crippen LogP contribution in [-0.4, -0.2) is 147 Å². The van der Waals surface area contributed by atoms with Crippen molar-refractivity contribution in [2.75, 3.05) is 19.6 Å². The molecule has 21 heteroatoms. The number of carbonyl (C=O) groups is 8. The van der Waals surface area contributed by atoms with E-state index in [1.807, 2.05) is 0 Å². The third kappa shape index (κ3) is 17.0. The molecule has 21 nitrogen and oxygen atoms in total. The number of hydrogen-bond acceptors (Lipinski definition) is 13. The fraction of sp³-hybridized carbons (Fsp3) is 0.458. The number of likely N-dealkylation sites (tertiary alicyclic amines) is 1. The molecule has 1 fully saturated rings. The van der Waals surface area contributed by atoms with Crippen LogP contribution in [0.25, 0.3) is 0 Å². The van der Waals surface area contributed by atoms with E-state index in [2.05, 4.69) is 31.9 Å². The van der Waals surface area contributed by atoms with Crippen LogP contribution in [0.4, 0.5) is 0 Å². The minimum atomic E-state index is -1.67. The Kier molecular flexibility index (Phi) is 21.5. The number of amides is 7. The second-order valence-electron chi connectivity index (χ2n) is 17.0. The monoisotopic (exact) mass is 959 g/mol. The Hall–Kier alpha value is -6.94. The molecule has 1 aliphatic heterocycles. The van der Waals surface area contributed by atoms with Crippen LogP contribution in [0, 0.1) is 0 Å². The second kappa shape index (κ2) is 27.2. The van der Waals surface area contributed by atoms with Gasteiger partial charge in [-0.1, -0.05) is 72.8 Å². The molecular weight excluding hydrogens is 895 g/mol. The number of benzene rings is 3. The number of phenolic OH excluding ortho intramolecular Hbond substituents is 1. The maximum Gasteiger partial charge on any atom is 0.328 e. The number of aliphatic hydroxyl groups is 2. The molecule has 0 bridgehead atoms. The van der Waals surface area contributed by atoms with Crippen molar-refractivity contribution in [3.63, 3.8) is 0 Å². The van der Waals surface area contributed by atoms with E-state index in [-0.39, 0.29) is 50.9 Å². The number of carboxylic acid groups (broad SMARTS) is 1. The first kappa shape index (κ1) is 54.7. The highest BCUT2D eigenvalue weighted by atomic mass is 16.4. The van der Waals surface area contributed by atoms with Crippen molar-refractivity contribution in [3.8, 4) is 5.75 Å². The standard InChI is InChI=1S/C48H65N9O12/c1-28(58)40(47(67)57-23-11-17-38(57)46(66)52-34(16-9-10-22-49)42(62)56-41(29(2)59)48(68)69)55-45(65)37(26-32-18-20-33(60)21-19-32)54-44(64)36(25-31-14-7-4-8-15-31)53-43(63)35(51-39(61)27-50)24-30-12-5-3-6-13-30/h3-8,12-15,18-21,28-29,34-38,40-41,58-60H,9-11,16-17,22-27,49-50H2,1-2H3,(H,51,61)(H,52,66)(H,53,63)(H,54,64)(H,55,65)(H,56,62)(H,68,69). The topological polar surface area (TPSA) is 345 Å². The molecule has 374 valence electrons. The Morgan fingerprint density at radius 2 is 1.07 bits per heavy atom. The lowest BCUT2D eigenvalue weighted by Gasteiger charge is -2.32. The van der Waals surface area contributed by atoms with Gasteiger partial charge in [-0.2, -0.15) is 0 Å². The Bertz CT molecular complexity index is 2200. The van der Waals surface area contributed by atoms with E-state index in [0.717, 1.165) is 4.90 Å². The number of aromatic hydroxyl groups is 1. The highest BCUT2D eigenvalue weighted by molar-refractivity contribution is 5.98. The summed E-state index contributed by atoms with van der Waals surface area (Å²) >= 11 is 0. The Labute approximate surface area is 400 Å². The van der Waals surface area contributed by atoms with E-state index >= 15 is 0 Å². The predicted molar refractivity (Wildman–Crippen MR) is 251 cm³/mol. The molecule has 3 aromatic carbocycles. The summed E-state index contributed by atoms with van der Waals surface area (Å²) in [5.74, 6) is -7.14. The van der Waals surface area contributed by atoms with E-state index in [1.54, 1.807) is 60.7 Å². The molecular formula is C48H65N9O12. The molecule has 9 atom stereocenters. The van der Waals surface area contributed by atoms with Crippen molar-refractivity contribution < 1.29 is 58.8 Å². The lowest BCUT2D eigenvalue weighted by Crippen LogP contribution is -2.62. The quantitative estimate of drug-likeness (QED) is 0.0398. The number of nitrogens with one attached hydrogen (secondary N) is 6. The molecule has 0 spiro atoms. The number of hydrogen-bond donors (Lipinski definition) is 12. The zero-order valence-corrected chi connectivity index (χ0v) is 38.7. The summed E-state index contributed by atoms with van der Waals surface area (Å²) in [4.78, 5) is 110. The number of unbranched alkanes of at least 4 members (excludes halogenated alkanes) is 1. The van der Waals surface area contributed by atoms with E-state index in [0.29, 0.717) is 36.0 Å². The van der Waals surface area contributed by atoms with E-state index in [4.69, 9.17) is 11.5 Å². The molecule has 0 radical (unpaired) electrons. The van der Waals surface area contributed by atoms with Crippen LogP contribution >= 0.6 is 0 Å². The number of carboxylic acids is 1. The number of rotatable bonds is 26. The van der Waals surface area contributed by atoms with Crippen molar-refractivity contribution >= 4 is 47.3 Å². The van der Waals surface area contributed by atoms with E-state index in [9.17, 15) is 58.8 Å². The summed E-state index contributed by atoms with van der Waals surface area (Å²) in [6.07, 6.45) is -1.85. The van der Waals surface area contributed by atoms with Gasteiger partial charge in [0.25, 0.3) is 0 Å². The van der Waals surface area contributed by atoms with Gasteiger partial charge >= 0.3 is 5.97 Å². The second-order valence-corrected chi connectivity index (χ2v) is 17.0. The molecule has 3 aromatic rings. The van der Waals surface area contributed by atoms with Crippen LogP contribution in [0.15, 0.2) is 84.9 Å². The Morgan fingerprint density at radius 1 is 0.609 bits per heavy atom. The maximum absolute atomic E-state index is 14.4.